The Hall–Kier alpha value is -1.61. The van der Waals surface area contributed by atoms with Crippen LogP contribution >= 0.6 is 15.9 Å². The maximum Gasteiger partial charge on any atom is 0.197 e. The fraction of sp³-hybridized carbons (Fsp3) is 0.235. The number of ketones is 1. The van der Waals surface area contributed by atoms with E-state index >= 15 is 0 Å². The van der Waals surface area contributed by atoms with Gasteiger partial charge in [0.2, 0.25) is 0 Å². The van der Waals surface area contributed by atoms with Crippen molar-refractivity contribution in [2.45, 2.75) is 20.3 Å². The summed E-state index contributed by atoms with van der Waals surface area (Å²) in [5.41, 5.74) is 3.42. The smallest absolute Gasteiger partial charge is 0.197 e. The highest BCUT2D eigenvalue weighted by Gasteiger charge is 2.18. The van der Waals surface area contributed by atoms with E-state index < -0.39 is 0 Å². The first-order chi connectivity index (χ1) is 9.58. The van der Waals surface area contributed by atoms with Crippen LogP contribution in [-0.2, 0) is 6.42 Å². The molecular weight excluding hydrogens is 316 g/mol. The molecule has 0 aromatic heterocycles. The molecule has 2 aromatic carbocycles. The van der Waals surface area contributed by atoms with E-state index in [1.165, 1.54) is 0 Å². The average Bonchev–Trinajstić information content (AvgIpc) is 2.48. The van der Waals surface area contributed by atoms with E-state index in [2.05, 4.69) is 22.9 Å². The van der Waals surface area contributed by atoms with Gasteiger partial charge in [0.25, 0.3) is 0 Å². The Balaban J connectivity index is 2.56. The zero-order valence-electron chi connectivity index (χ0n) is 11.9. The molecule has 2 nitrogen and oxygen atoms in total. The van der Waals surface area contributed by atoms with Gasteiger partial charge in [-0.2, -0.15) is 0 Å². The molecule has 2 rings (SSSR count). The number of aryl methyl sites for hydroxylation is 2. The number of rotatable bonds is 4. The van der Waals surface area contributed by atoms with Gasteiger partial charge in [0.15, 0.2) is 5.78 Å². The molecular formula is C17H17BrO2. The molecule has 0 aliphatic carbocycles. The third-order valence-electron chi connectivity index (χ3n) is 3.37. The Labute approximate surface area is 127 Å². The molecule has 0 N–H and O–H groups in total. The van der Waals surface area contributed by atoms with Crippen LogP contribution in [0, 0.1) is 6.92 Å². The molecule has 0 spiro atoms. The van der Waals surface area contributed by atoms with Gasteiger partial charge >= 0.3 is 0 Å². The number of hydrogen-bond donors (Lipinski definition) is 0. The Morgan fingerprint density at radius 3 is 2.55 bits per heavy atom. The molecule has 0 atom stereocenters. The highest BCUT2D eigenvalue weighted by Crippen LogP contribution is 2.29. The number of hydrogen-bond acceptors (Lipinski definition) is 2. The van der Waals surface area contributed by atoms with Crippen LogP contribution in [0.1, 0.15) is 34.0 Å². The fourth-order valence-corrected chi connectivity index (χ4v) is 2.54. The second kappa shape index (κ2) is 6.23. The Morgan fingerprint density at radius 2 is 1.90 bits per heavy atom. The number of halogens is 1. The molecule has 0 saturated carbocycles. The van der Waals surface area contributed by atoms with Gasteiger partial charge in [-0.05, 0) is 36.6 Å². The van der Waals surface area contributed by atoms with E-state index in [0.29, 0.717) is 11.3 Å². The predicted octanol–water partition coefficient (Wildman–Crippen LogP) is 4.56. The van der Waals surface area contributed by atoms with Crippen molar-refractivity contribution < 1.29 is 9.53 Å². The third kappa shape index (κ3) is 2.78. The number of benzene rings is 2. The van der Waals surface area contributed by atoms with Gasteiger partial charge in [0.1, 0.15) is 5.75 Å². The topological polar surface area (TPSA) is 26.3 Å². The maximum absolute atomic E-state index is 12.8. The van der Waals surface area contributed by atoms with Gasteiger partial charge in [-0.25, -0.2) is 0 Å². The van der Waals surface area contributed by atoms with E-state index in [1.807, 2.05) is 43.3 Å². The number of ether oxygens (including phenoxy) is 1. The van der Waals surface area contributed by atoms with E-state index in [9.17, 15) is 4.79 Å². The summed E-state index contributed by atoms with van der Waals surface area (Å²) in [7, 11) is 1.59. The SMILES string of the molecule is CCc1ccccc1C(=O)c1cc(Br)c(C)cc1OC. The average molecular weight is 333 g/mol. The fourth-order valence-electron chi connectivity index (χ4n) is 2.20. The summed E-state index contributed by atoms with van der Waals surface area (Å²) in [4.78, 5) is 12.8. The molecule has 20 heavy (non-hydrogen) atoms. The minimum Gasteiger partial charge on any atom is -0.496 e. The summed E-state index contributed by atoms with van der Waals surface area (Å²) in [5, 5.41) is 0. The Morgan fingerprint density at radius 1 is 1.20 bits per heavy atom. The zero-order chi connectivity index (χ0) is 14.7. The summed E-state index contributed by atoms with van der Waals surface area (Å²) in [6.45, 7) is 4.02. The van der Waals surface area contributed by atoms with Crippen LogP contribution < -0.4 is 4.74 Å². The van der Waals surface area contributed by atoms with Gasteiger partial charge < -0.3 is 4.74 Å². The highest BCUT2D eigenvalue weighted by molar-refractivity contribution is 9.10. The molecule has 0 heterocycles. The first-order valence-corrected chi connectivity index (χ1v) is 7.34. The molecule has 0 aliphatic rings. The largest absolute Gasteiger partial charge is 0.496 e. The zero-order valence-corrected chi connectivity index (χ0v) is 13.5. The Kier molecular flexibility index (Phi) is 4.61. The first kappa shape index (κ1) is 14.8. The third-order valence-corrected chi connectivity index (χ3v) is 4.22. The summed E-state index contributed by atoms with van der Waals surface area (Å²) in [5.74, 6) is 0.613. The van der Waals surface area contributed by atoms with Gasteiger partial charge in [-0.15, -0.1) is 0 Å². The molecule has 0 bridgehead atoms. The molecule has 0 radical (unpaired) electrons. The van der Waals surface area contributed by atoms with Crippen molar-refractivity contribution in [2.24, 2.45) is 0 Å². The summed E-state index contributed by atoms with van der Waals surface area (Å²) >= 11 is 3.48. The van der Waals surface area contributed by atoms with Crippen LogP contribution in [0.4, 0.5) is 0 Å². The van der Waals surface area contributed by atoms with Crippen LogP contribution in [0.2, 0.25) is 0 Å². The van der Waals surface area contributed by atoms with Gasteiger partial charge in [0, 0.05) is 10.0 Å². The minimum atomic E-state index is 0.000000000000000444. The molecule has 0 unspecified atom stereocenters. The summed E-state index contributed by atoms with van der Waals surface area (Å²) in [6, 6.07) is 11.4. The highest BCUT2D eigenvalue weighted by atomic mass is 79.9. The van der Waals surface area contributed by atoms with Crippen LogP contribution in [0.25, 0.3) is 0 Å². The van der Waals surface area contributed by atoms with Crippen molar-refractivity contribution in [3.05, 3.63) is 63.1 Å². The molecule has 0 amide bonds. The van der Waals surface area contributed by atoms with Gasteiger partial charge in [-0.1, -0.05) is 47.1 Å². The van der Waals surface area contributed by atoms with E-state index in [-0.39, 0.29) is 5.78 Å². The van der Waals surface area contributed by atoms with E-state index in [0.717, 1.165) is 27.6 Å². The van der Waals surface area contributed by atoms with Crippen LogP contribution in [0.3, 0.4) is 0 Å². The van der Waals surface area contributed by atoms with Crippen molar-refractivity contribution >= 4 is 21.7 Å². The minimum absolute atomic E-state index is 0.000000000000000444. The quantitative estimate of drug-likeness (QED) is 0.767. The van der Waals surface area contributed by atoms with Crippen molar-refractivity contribution in [3.8, 4) is 5.75 Å². The lowest BCUT2D eigenvalue weighted by atomic mass is 9.96. The monoisotopic (exact) mass is 332 g/mol. The molecule has 0 fully saturated rings. The van der Waals surface area contributed by atoms with Crippen molar-refractivity contribution in [1.82, 2.24) is 0 Å². The van der Waals surface area contributed by atoms with Gasteiger partial charge in [0.05, 0.1) is 12.7 Å². The number of methoxy groups -OCH3 is 1. The van der Waals surface area contributed by atoms with Crippen molar-refractivity contribution in [1.29, 1.82) is 0 Å². The van der Waals surface area contributed by atoms with Gasteiger partial charge in [-0.3, -0.25) is 4.79 Å². The first-order valence-electron chi connectivity index (χ1n) is 6.55. The summed E-state index contributed by atoms with van der Waals surface area (Å²) < 4.78 is 6.27. The molecule has 104 valence electrons. The maximum atomic E-state index is 12.8. The second-order valence-corrected chi connectivity index (χ2v) is 5.50. The second-order valence-electron chi connectivity index (χ2n) is 4.64. The molecule has 2 aromatic rings. The van der Waals surface area contributed by atoms with E-state index in [4.69, 9.17) is 4.74 Å². The van der Waals surface area contributed by atoms with Crippen LogP contribution in [0.15, 0.2) is 40.9 Å². The predicted molar refractivity (Wildman–Crippen MR) is 84.7 cm³/mol. The van der Waals surface area contributed by atoms with E-state index in [1.54, 1.807) is 7.11 Å². The summed E-state index contributed by atoms with van der Waals surface area (Å²) in [6.07, 6.45) is 0.831. The van der Waals surface area contributed by atoms with Crippen LogP contribution in [0.5, 0.6) is 5.75 Å². The lowest BCUT2D eigenvalue weighted by Crippen LogP contribution is -2.07. The van der Waals surface area contributed by atoms with Crippen molar-refractivity contribution in [2.75, 3.05) is 7.11 Å². The lowest BCUT2D eigenvalue weighted by Gasteiger charge is -2.12. The van der Waals surface area contributed by atoms with Crippen molar-refractivity contribution in [3.63, 3.8) is 0 Å². The van der Waals surface area contributed by atoms with Crippen LogP contribution in [-0.4, -0.2) is 12.9 Å². The number of carbonyl (C=O) groups excluding carboxylic acids is 1. The Bertz CT molecular complexity index is 647. The number of carbonyl (C=O) groups is 1. The molecule has 0 aliphatic heterocycles. The molecule has 3 heteroatoms. The normalized spacial score (nSPS) is 10.4. The lowest BCUT2D eigenvalue weighted by molar-refractivity contribution is 0.103. The molecule has 0 saturated heterocycles. The standard InChI is InChI=1S/C17H17BrO2/c1-4-12-7-5-6-8-13(12)17(19)14-10-15(18)11(2)9-16(14)20-3/h5-10H,4H2,1-3H3.